The molecular formula is C26H39N3O4. The van der Waals surface area contributed by atoms with Crippen molar-refractivity contribution in [3.8, 4) is 12.3 Å². The smallest absolute Gasteiger partial charge is 0.408 e. The summed E-state index contributed by atoms with van der Waals surface area (Å²) in [5, 5.41) is 5.54. The number of hydrogen-bond acceptors (Lipinski definition) is 4. The van der Waals surface area contributed by atoms with Crippen LogP contribution in [0.25, 0.3) is 0 Å². The summed E-state index contributed by atoms with van der Waals surface area (Å²) in [5.41, 5.74) is 0.640. The summed E-state index contributed by atoms with van der Waals surface area (Å²) in [7, 11) is 0. The zero-order valence-electron chi connectivity index (χ0n) is 21.0. The average molecular weight is 458 g/mol. The molecule has 0 spiro atoms. The van der Waals surface area contributed by atoms with Crippen molar-refractivity contribution in [2.45, 2.75) is 91.5 Å². The van der Waals surface area contributed by atoms with Crippen LogP contribution in [0.15, 0.2) is 24.3 Å². The summed E-state index contributed by atoms with van der Waals surface area (Å²) < 4.78 is 5.27. The Hall–Kier alpha value is -3.01. The highest BCUT2D eigenvalue weighted by molar-refractivity contribution is 5.92. The first-order valence-electron chi connectivity index (χ1n) is 11.6. The van der Waals surface area contributed by atoms with Gasteiger partial charge in [-0.3, -0.25) is 9.59 Å². The Bertz CT molecular complexity index is 835. The number of rotatable bonds is 10. The first-order valence-corrected chi connectivity index (χ1v) is 11.6. The molecule has 2 atom stereocenters. The highest BCUT2D eigenvalue weighted by Crippen LogP contribution is 2.25. The number of amides is 3. The van der Waals surface area contributed by atoms with Crippen molar-refractivity contribution in [2.24, 2.45) is 0 Å². The molecule has 33 heavy (non-hydrogen) atoms. The molecule has 0 saturated carbocycles. The zero-order valence-corrected chi connectivity index (χ0v) is 21.0. The van der Waals surface area contributed by atoms with Crippen LogP contribution in [0.4, 0.5) is 4.79 Å². The van der Waals surface area contributed by atoms with Crippen molar-refractivity contribution in [1.29, 1.82) is 0 Å². The molecule has 0 aliphatic rings. The van der Waals surface area contributed by atoms with E-state index in [-0.39, 0.29) is 17.9 Å². The third-order valence-corrected chi connectivity index (χ3v) is 4.91. The van der Waals surface area contributed by atoms with Crippen molar-refractivity contribution < 1.29 is 19.1 Å². The second-order valence-corrected chi connectivity index (χ2v) is 9.37. The third-order valence-electron chi connectivity index (χ3n) is 4.91. The van der Waals surface area contributed by atoms with Crippen LogP contribution in [0.1, 0.15) is 84.9 Å². The van der Waals surface area contributed by atoms with E-state index in [1.807, 2.05) is 13.8 Å². The van der Waals surface area contributed by atoms with Crippen LogP contribution in [0.5, 0.6) is 0 Å². The first-order chi connectivity index (χ1) is 15.4. The Kier molecular flexibility index (Phi) is 10.9. The largest absolute Gasteiger partial charge is 0.444 e. The standard InChI is InChI=1S/C26H39N3O4/c1-9-11-12-17-27-23(30)22(21-15-13-20(10-2)14-16-21)29(18(3)4)24(31)19(5)28-25(32)33-26(6,7)8/h2,13-16,18-19,22H,9,11-12,17H2,1,3-8H3,(H,27,30)(H,28,32). The maximum absolute atomic E-state index is 13.4. The van der Waals surface area contributed by atoms with Crippen LogP contribution in [-0.2, 0) is 14.3 Å². The Morgan fingerprint density at radius 3 is 2.18 bits per heavy atom. The van der Waals surface area contributed by atoms with Crippen molar-refractivity contribution in [2.75, 3.05) is 6.54 Å². The van der Waals surface area contributed by atoms with Crippen LogP contribution >= 0.6 is 0 Å². The van der Waals surface area contributed by atoms with Gasteiger partial charge in [-0.25, -0.2) is 4.79 Å². The molecule has 7 heteroatoms. The fourth-order valence-corrected chi connectivity index (χ4v) is 3.33. The van der Waals surface area contributed by atoms with Gasteiger partial charge < -0.3 is 20.3 Å². The summed E-state index contributed by atoms with van der Waals surface area (Å²) in [4.78, 5) is 40.4. The maximum Gasteiger partial charge on any atom is 0.408 e. The number of nitrogens with zero attached hydrogens (tertiary/aromatic N) is 1. The summed E-state index contributed by atoms with van der Waals surface area (Å²) in [6.07, 6.45) is 7.68. The van der Waals surface area contributed by atoms with Gasteiger partial charge >= 0.3 is 6.09 Å². The second-order valence-electron chi connectivity index (χ2n) is 9.37. The van der Waals surface area contributed by atoms with Gasteiger partial charge in [0.25, 0.3) is 0 Å². The number of ether oxygens (including phenoxy) is 1. The lowest BCUT2D eigenvalue weighted by Gasteiger charge is -2.36. The molecule has 0 bridgehead atoms. The number of nitrogens with one attached hydrogen (secondary N) is 2. The monoisotopic (exact) mass is 457 g/mol. The molecule has 0 aromatic heterocycles. The highest BCUT2D eigenvalue weighted by atomic mass is 16.6. The molecule has 0 aliphatic carbocycles. The van der Waals surface area contributed by atoms with Crippen LogP contribution in [0.3, 0.4) is 0 Å². The minimum atomic E-state index is -0.886. The Balaban J connectivity index is 3.22. The predicted molar refractivity (Wildman–Crippen MR) is 130 cm³/mol. The Morgan fingerprint density at radius 1 is 1.09 bits per heavy atom. The van der Waals surface area contributed by atoms with Crippen molar-refractivity contribution in [1.82, 2.24) is 15.5 Å². The van der Waals surface area contributed by atoms with Crippen LogP contribution < -0.4 is 10.6 Å². The third kappa shape index (κ3) is 9.17. The Morgan fingerprint density at radius 2 is 1.70 bits per heavy atom. The fourth-order valence-electron chi connectivity index (χ4n) is 3.33. The molecule has 0 aliphatic heterocycles. The molecule has 2 N–H and O–H groups in total. The maximum atomic E-state index is 13.4. The van der Waals surface area contributed by atoms with E-state index in [2.05, 4.69) is 23.5 Å². The van der Waals surface area contributed by atoms with Crippen LogP contribution in [0.2, 0.25) is 0 Å². The van der Waals surface area contributed by atoms with Gasteiger partial charge in [0.15, 0.2) is 0 Å². The highest BCUT2D eigenvalue weighted by Gasteiger charge is 2.36. The summed E-state index contributed by atoms with van der Waals surface area (Å²) >= 11 is 0. The quantitative estimate of drug-likeness (QED) is 0.408. The van der Waals surface area contributed by atoms with Crippen molar-refractivity contribution in [3.05, 3.63) is 35.4 Å². The molecule has 0 radical (unpaired) electrons. The molecule has 0 saturated heterocycles. The molecule has 1 aromatic carbocycles. The van der Waals surface area contributed by atoms with Crippen molar-refractivity contribution in [3.63, 3.8) is 0 Å². The molecule has 7 nitrogen and oxygen atoms in total. The molecule has 0 fully saturated rings. The number of carbonyl (C=O) groups is 3. The lowest BCUT2D eigenvalue weighted by atomic mass is 10.00. The molecule has 0 heterocycles. The normalized spacial score (nSPS) is 12.9. The minimum Gasteiger partial charge on any atom is -0.444 e. The fraction of sp³-hybridized carbons (Fsp3) is 0.577. The number of alkyl carbamates (subject to hydrolysis) is 1. The summed E-state index contributed by atoms with van der Waals surface area (Å²) in [6.45, 7) is 13.1. The van der Waals surface area contributed by atoms with E-state index in [4.69, 9.17) is 11.2 Å². The van der Waals surface area contributed by atoms with Crippen LogP contribution in [-0.4, -0.2) is 47.0 Å². The van der Waals surface area contributed by atoms with Gasteiger partial charge in [-0.2, -0.15) is 0 Å². The lowest BCUT2D eigenvalue weighted by molar-refractivity contribution is -0.144. The SMILES string of the molecule is C#Cc1ccc(C(C(=O)NCCCCC)N(C(=O)C(C)NC(=O)OC(C)(C)C)C(C)C)cc1. The zero-order chi connectivity index (χ0) is 25.2. The second kappa shape index (κ2) is 12.9. The average Bonchev–Trinajstić information content (AvgIpc) is 2.72. The van der Waals surface area contributed by atoms with Gasteiger partial charge in [0.2, 0.25) is 11.8 Å². The van der Waals surface area contributed by atoms with Crippen molar-refractivity contribution >= 4 is 17.9 Å². The van der Waals surface area contributed by atoms with E-state index in [0.29, 0.717) is 17.7 Å². The van der Waals surface area contributed by atoms with Gasteiger partial charge in [0, 0.05) is 18.2 Å². The van der Waals surface area contributed by atoms with E-state index >= 15 is 0 Å². The number of hydrogen-bond donors (Lipinski definition) is 2. The number of benzene rings is 1. The molecule has 2 unspecified atom stereocenters. The van der Waals surface area contributed by atoms with Gasteiger partial charge in [-0.1, -0.05) is 37.8 Å². The van der Waals surface area contributed by atoms with Gasteiger partial charge in [-0.05, 0) is 65.7 Å². The minimum absolute atomic E-state index is 0.272. The Labute approximate surface area is 198 Å². The molecule has 182 valence electrons. The first kappa shape index (κ1) is 28.0. The number of unbranched alkanes of at least 4 members (excludes halogenated alkanes) is 2. The van der Waals surface area contributed by atoms with Crippen LogP contribution in [0, 0.1) is 12.3 Å². The topological polar surface area (TPSA) is 87.7 Å². The van der Waals surface area contributed by atoms with E-state index in [0.717, 1.165) is 19.3 Å². The van der Waals surface area contributed by atoms with Gasteiger partial charge in [-0.15, -0.1) is 6.42 Å². The molecule has 1 aromatic rings. The van der Waals surface area contributed by atoms with E-state index in [9.17, 15) is 14.4 Å². The molecule has 3 amide bonds. The summed E-state index contributed by atoms with van der Waals surface area (Å²) in [5.74, 6) is 1.91. The molecule has 1 rings (SSSR count). The van der Waals surface area contributed by atoms with Gasteiger partial charge in [0.05, 0.1) is 0 Å². The number of carbonyl (C=O) groups excluding carboxylic acids is 3. The lowest BCUT2D eigenvalue weighted by Crippen LogP contribution is -2.54. The van der Waals surface area contributed by atoms with E-state index < -0.39 is 23.8 Å². The number of terminal acetylenes is 1. The van der Waals surface area contributed by atoms with E-state index in [1.54, 1.807) is 52.0 Å². The predicted octanol–water partition coefficient (Wildman–Crippen LogP) is 4.17. The van der Waals surface area contributed by atoms with Gasteiger partial charge in [0.1, 0.15) is 17.7 Å². The van der Waals surface area contributed by atoms with E-state index in [1.165, 1.54) is 4.90 Å². The summed E-state index contributed by atoms with van der Waals surface area (Å²) in [6, 6.07) is 4.96. The molecular weight excluding hydrogens is 418 g/mol.